The lowest BCUT2D eigenvalue weighted by Gasteiger charge is -2.23. The maximum atomic E-state index is 13.2. The van der Waals surface area contributed by atoms with Crippen LogP contribution in [0.3, 0.4) is 0 Å². The summed E-state index contributed by atoms with van der Waals surface area (Å²) in [5.41, 5.74) is 6.39. The van der Waals surface area contributed by atoms with Crippen LogP contribution in [0.5, 0.6) is 0 Å². The number of imidazole rings is 1. The summed E-state index contributed by atoms with van der Waals surface area (Å²) in [5.74, 6) is -0.694. The number of hydrogen-bond donors (Lipinski definition) is 3. The zero-order valence-corrected chi connectivity index (χ0v) is 23.0. The SMILES string of the molecule is CCC(=O)CN(CCNC(=O)OC(C)(C)C)C(=O)Cn1cnc2c(NC(=O)OCc3ccccc3)nc(N)nc21. The Morgan fingerprint density at radius 3 is 2.48 bits per heavy atom. The van der Waals surface area contributed by atoms with Crippen molar-refractivity contribution in [2.24, 2.45) is 0 Å². The summed E-state index contributed by atoms with van der Waals surface area (Å²) in [7, 11) is 0. The molecule has 0 aliphatic carbocycles. The number of aromatic nitrogens is 4. The average Bonchev–Trinajstić information content (AvgIpc) is 3.28. The van der Waals surface area contributed by atoms with Crippen molar-refractivity contribution in [3.05, 3.63) is 42.2 Å². The summed E-state index contributed by atoms with van der Waals surface area (Å²) in [4.78, 5) is 63.5. The summed E-state index contributed by atoms with van der Waals surface area (Å²) < 4.78 is 11.9. The number of ether oxygens (including phenoxy) is 2. The highest BCUT2D eigenvalue weighted by Crippen LogP contribution is 2.20. The van der Waals surface area contributed by atoms with Gasteiger partial charge in [-0.15, -0.1) is 0 Å². The molecule has 1 aromatic carbocycles. The minimum Gasteiger partial charge on any atom is -0.444 e. The van der Waals surface area contributed by atoms with E-state index in [1.165, 1.54) is 15.8 Å². The van der Waals surface area contributed by atoms with Crippen molar-refractivity contribution in [2.45, 2.75) is 52.9 Å². The molecule has 0 aliphatic heterocycles. The van der Waals surface area contributed by atoms with Gasteiger partial charge in [-0.3, -0.25) is 14.9 Å². The van der Waals surface area contributed by atoms with Crippen LogP contribution in [-0.2, 0) is 32.2 Å². The van der Waals surface area contributed by atoms with E-state index in [0.717, 1.165) is 5.56 Å². The maximum Gasteiger partial charge on any atom is 0.413 e. The van der Waals surface area contributed by atoms with Gasteiger partial charge in [-0.2, -0.15) is 9.97 Å². The molecule has 2 heterocycles. The highest BCUT2D eigenvalue weighted by molar-refractivity contribution is 5.94. The number of nitrogens with one attached hydrogen (secondary N) is 2. The van der Waals surface area contributed by atoms with Crippen LogP contribution in [0.4, 0.5) is 21.4 Å². The average molecular weight is 555 g/mol. The number of fused-ring (bicyclic) bond motifs is 1. The molecule has 14 heteroatoms. The number of rotatable bonds is 11. The lowest BCUT2D eigenvalue weighted by atomic mass is 10.2. The number of ketones is 1. The Kier molecular flexibility index (Phi) is 9.95. The number of nitrogens with zero attached hydrogens (tertiary/aromatic N) is 5. The van der Waals surface area contributed by atoms with Gasteiger partial charge in [0.25, 0.3) is 0 Å². The molecular weight excluding hydrogens is 520 g/mol. The van der Waals surface area contributed by atoms with Crippen LogP contribution in [0.25, 0.3) is 11.2 Å². The third-order valence-electron chi connectivity index (χ3n) is 5.38. The summed E-state index contributed by atoms with van der Waals surface area (Å²) in [5, 5.41) is 5.10. The molecule has 40 heavy (non-hydrogen) atoms. The summed E-state index contributed by atoms with van der Waals surface area (Å²) >= 11 is 0. The standard InChI is InChI=1S/C26H34N8O6/c1-5-18(35)13-33(12-11-28-24(37)40-26(2,3)4)19(36)14-34-16-29-20-21(30-23(27)32-22(20)34)31-25(38)39-15-17-9-7-6-8-10-17/h6-10,16H,5,11-15H2,1-4H3,(H,28,37)(H3,27,30,31,32,38). The van der Waals surface area contributed by atoms with Crippen LogP contribution in [0.1, 0.15) is 39.7 Å². The van der Waals surface area contributed by atoms with Gasteiger partial charge in [-0.1, -0.05) is 37.3 Å². The highest BCUT2D eigenvalue weighted by Gasteiger charge is 2.21. The number of alkyl carbamates (subject to hydrolysis) is 1. The van der Waals surface area contributed by atoms with Crippen molar-refractivity contribution < 1.29 is 28.7 Å². The largest absolute Gasteiger partial charge is 0.444 e. The van der Waals surface area contributed by atoms with E-state index in [9.17, 15) is 19.2 Å². The van der Waals surface area contributed by atoms with Gasteiger partial charge in [0, 0.05) is 19.5 Å². The van der Waals surface area contributed by atoms with E-state index in [0.29, 0.717) is 0 Å². The number of hydrogen-bond acceptors (Lipinski definition) is 10. The molecule has 2 aromatic heterocycles. The number of nitrogens with two attached hydrogens (primary N) is 1. The molecule has 0 unspecified atom stereocenters. The Labute approximate surface area is 231 Å². The van der Waals surface area contributed by atoms with E-state index in [2.05, 4.69) is 25.6 Å². The van der Waals surface area contributed by atoms with Gasteiger partial charge >= 0.3 is 12.2 Å². The number of carbonyl (C=O) groups is 4. The third kappa shape index (κ3) is 8.92. The van der Waals surface area contributed by atoms with Crippen LogP contribution >= 0.6 is 0 Å². The van der Waals surface area contributed by atoms with Crippen LogP contribution in [0.15, 0.2) is 36.7 Å². The van der Waals surface area contributed by atoms with Gasteiger partial charge in [-0.05, 0) is 26.3 Å². The molecule has 0 saturated heterocycles. The second kappa shape index (κ2) is 13.4. The first-order valence-electron chi connectivity index (χ1n) is 12.7. The van der Waals surface area contributed by atoms with Crippen molar-refractivity contribution in [2.75, 3.05) is 30.7 Å². The molecule has 3 aromatic rings. The minimum absolute atomic E-state index is 0.0198. The number of Topliss-reactive ketones (excluding diaryl/α,β-unsaturated/α-hetero) is 1. The zero-order valence-electron chi connectivity index (χ0n) is 23.0. The molecule has 214 valence electrons. The number of carbonyl (C=O) groups excluding carboxylic acids is 4. The fourth-order valence-corrected chi connectivity index (χ4v) is 3.49. The molecule has 0 saturated carbocycles. The molecule has 0 radical (unpaired) electrons. The monoisotopic (exact) mass is 554 g/mol. The predicted molar refractivity (Wildman–Crippen MR) is 146 cm³/mol. The van der Waals surface area contributed by atoms with Crippen LogP contribution in [-0.4, -0.2) is 73.5 Å². The predicted octanol–water partition coefficient (Wildman–Crippen LogP) is 2.49. The first kappa shape index (κ1) is 29.8. The summed E-state index contributed by atoms with van der Waals surface area (Å²) in [6.45, 7) is 6.77. The minimum atomic E-state index is -0.768. The number of nitrogen functional groups attached to an aromatic ring is 1. The number of anilines is 2. The van der Waals surface area contributed by atoms with Crippen molar-refractivity contribution in [1.82, 2.24) is 29.7 Å². The summed E-state index contributed by atoms with van der Waals surface area (Å²) in [6, 6.07) is 9.15. The molecule has 0 fully saturated rings. The normalized spacial score (nSPS) is 11.1. The first-order chi connectivity index (χ1) is 18.9. The second-order valence-electron chi connectivity index (χ2n) is 9.80. The fraction of sp³-hybridized carbons (Fsp3) is 0.423. The summed E-state index contributed by atoms with van der Waals surface area (Å²) in [6.07, 6.45) is 0.208. The first-order valence-corrected chi connectivity index (χ1v) is 12.7. The highest BCUT2D eigenvalue weighted by atomic mass is 16.6. The van der Waals surface area contributed by atoms with E-state index in [-0.39, 0.29) is 67.9 Å². The van der Waals surface area contributed by atoms with Gasteiger partial charge in [0.2, 0.25) is 11.9 Å². The lowest BCUT2D eigenvalue weighted by Crippen LogP contribution is -2.43. The van der Waals surface area contributed by atoms with Gasteiger partial charge in [-0.25, -0.2) is 14.6 Å². The Morgan fingerprint density at radius 2 is 1.80 bits per heavy atom. The van der Waals surface area contributed by atoms with Gasteiger partial charge in [0.1, 0.15) is 18.8 Å². The number of benzene rings is 1. The fourth-order valence-electron chi connectivity index (χ4n) is 3.49. The van der Waals surface area contributed by atoms with E-state index < -0.39 is 23.7 Å². The topological polar surface area (TPSA) is 184 Å². The lowest BCUT2D eigenvalue weighted by molar-refractivity contribution is -0.135. The van der Waals surface area contributed by atoms with E-state index in [4.69, 9.17) is 15.2 Å². The quantitative estimate of drug-likeness (QED) is 0.318. The maximum absolute atomic E-state index is 13.2. The van der Waals surface area contributed by atoms with Crippen molar-refractivity contribution in [3.63, 3.8) is 0 Å². The van der Waals surface area contributed by atoms with Gasteiger partial charge in [0.05, 0.1) is 12.9 Å². The number of amides is 3. The Balaban J connectivity index is 1.69. The van der Waals surface area contributed by atoms with Crippen LogP contribution in [0, 0.1) is 0 Å². The molecule has 4 N–H and O–H groups in total. The molecule has 0 aliphatic rings. The zero-order chi connectivity index (χ0) is 29.3. The molecule has 0 bridgehead atoms. The third-order valence-corrected chi connectivity index (χ3v) is 5.38. The van der Waals surface area contributed by atoms with Crippen LogP contribution < -0.4 is 16.4 Å². The molecular formula is C26H34N8O6. The van der Waals surface area contributed by atoms with E-state index in [1.54, 1.807) is 27.7 Å². The Hall–Kier alpha value is -4.75. The van der Waals surface area contributed by atoms with Crippen molar-refractivity contribution in [1.29, 1.82) is 0 Å². The van der Waals surface area contributed by atoms with Crippen molar-refractivity contribution in [3.8, 4) is 0 Å². The van der Waals surface area contributed by atoms with Crippen LogP contribution in [0.2, 0.25) is 0 Å². The van der Waals surface area contributed by atoms with Crippen molar-refractivity contribution >= 4 is 46.8 Å². The Morgan fingerprint density at radius 1 is 1.07 bits per heavy atom. The molecule has 0 atom stereocenters. The molecule has 14 nitrogen and oxygen atoms in total. The van der Waals surface area contributed by atoms with Gasteiger partial charge < -0.3 is 30.0 Å². The van der Waals surface area contributed by atoms with Gasteiger partial charge in [0.15, 0.2) is 22.8 Å². The van der Waals surface area contributed by atoms with E-state index in [1.807, 2.05) is 30.3 Å². The Bertz CT molecular complexity index is 1350. The molecule has 3 rings (SSSR count). The molecule has 0 spiro atoms. The van der Waals surface area contributed by atoms with E-state index >= 15 is 0 Å². The smallest absolute Gasteiger partial charge is 0.413 e. The second-order valence-corrected chi connectivity index (χ2v) is 9.80. The molecule has 3 amide bonds.